The largest absolute Gasteiger partial charge is 0.399 e. The van der Waals surface area contributed by atoms with E-state index in [1.807, 2.05) is 0 Å². The topological polar surface area (TPSA) is 105 Å². The fraction of sp³-hybridized carbons (Fsp3) is 0.444. The molecule has 0 saturated carbocycles. The summed E-state index contributed by atoms with van der Waals surface area (Å²) in [7, 11) is 0. The molecule has 0 saturated heterocycles. The van der Waals surface area contributed by atoms with Gasteiger partial charge in [-0.25, -0.2) is 0 Å². The van der Waals surface area contributed by atoms with Crippen molar-refractivity contribution in [3.05, 3.63) is 24.0 Å². The van der Waals surface area contributed by atoms with Crippen LogP contribution in [0.2, 0.25) is 0 Å². The third-order valence-corrected chi connectivity index (χ3v) is 1.94. The molecule has 78 valence electrons. The quantitative estimate of drug-likeness (QED) is 0.516. The molecule has 0 aromatic carbocycles. The van der Waals surface area contributed by atoms with Crippen molar-refractivity contribution in [2.24, 2.45) is 5.73 Å². The van der Waals surface area contributed by atoms with Crippen LogP contribution in [-0.4, -0.2) is 27.8 Å². The monoisotopic (exact) mass is 197 g/mol. The molecule has 1 heterocycles. The minimum Gasteiger partial charge on any atom is -0.399 e. The fourth-order valence-electron chi connectivity index (χ4n) is 1.15. The van der Waals surface area contributed by atoms with E-state index in [-0.39, 0.29) is 0 Å². The van der Waals surface area contributed by atoms with Gasteiger partial charge in [0.25, 0.3) is 0 Å². The molecule has 6 N–H and O–H groups in total. The number of anilines is 1. The zero-order valence-electron chi connectivity index (χ0n) is 7.80. The summed E-state index contributed by atoms with van der Waals surface area (Å²) in [5.74, 6) is 0. The highest BCUT2D eigenvalue weighted by molar-refractivity contribution is 5.37. The van der Waals surface area contributed by atoms with Gasteiger partial charge in [-0.2, -0.15) is 0 Å². The number of aromatic nitrogens is 1. The van der Waals surface area contributed by atoms with Crippen molar-refractivity contribution in [1.82, 2.24) is 4.98 Å². The highest BCUT2D eigenvalue weighted by Gasteiger charge is 2.18. The summed E-state index contributed by atoms with van der Waals surface area (Å²) in [4.78, 5) is 3.91. The molecule has 1 rings (SSSR count). The Balaban J connectivity index is 2.73. The summed E-state index contributed by atoms with van der Waals surface area (Å²) in [5, 5.41) is 19.1. The minimum absolute atomic E-state index is 0.320. The molecule has 1 aromatic rings. The standard InChI is InChI=1S/C9H15N3O2/c10-3-1-8(13)9(14)7-5-6(11)2-4-12-7/h2,4-5,8-9,13-14H,1,3,10H2,(H2,11,12). The van der Waals surface area contributed by atoms with Gasteiger partial charge in [0.05, 0.1) is 11.8 Å². The molecule has 0 spiro atoms. The molecule has 0 aliphatic carbocycles. The maximum atomic E-state index is 9.62. The van der Waals surface area contributed by atoms with E-state index in [0.29, 0.717) is 24.3 Å². The van der Waals surface area contributed by atoms with E-state index in [1.165, 1.54) is 12.3 Å². The molecule has 0 bridgehead atoms. The number of hydrogen-bond donors (Lipinski definition) is 4. The molecule has 1 aromatic heterocycles. The summed E-state index contributed by atoms with van der Waals surface area (Å²) in [6, 6.07) is 3.15. The van der Waals surface area contributed by atoms with Gasteiger partial charge in [-0.3, -0.25) is 4.98 Å². The third-order valence-electron chi connectivity index (χ3n) is 1.94. The maximum Gasteiger partial charge on any atom is 0.122 e. The summed E-state index contributed by atoms with van der Waals surface area (Å²) < 4.78 is 0. The van der Waals surface area contributed by atoms with Gasteiger partial charge in [-0.1, -0.05) is 0 Å². The van der Waals surface area contributed by atoms with Crippen LogP contribution in [0.1, 0.15) is 18.2 Å². The third kappa shape index (κ3) is 2.66. The van der Waals surface area contributed by atoms with E-state index < -0.39 is 12.2 Å². The summed E-state index contributed by atoms with van der Waals surface area (Å²) >= 11 is 0. The Morgan fingerprint density at radius 3 is 2.71 bits per heavy atom. The van der Waals surface area contributed by atoms with Crippen LogP contribution in [0.25, 0.3) is 0 Å². The van der Waals surface area contributed by atoms with Crippen molar-refractivity contribution in [3.63, 3.8) is 0 Å². The van der Waals surface area contributed by atoms with Gasteiger partial charge in [-0.05, 0) is 25.1 Å². The molecule has 14 heavy (non-hydrogen) atoms. The van der Waals surface area contributed by atoms with Crippen LogP contribution in [0.15, 0.2) is 18.3 Å². The average molecular weight is 197 g/mol. The van der Waals surface area contributed by atoms with E-state index in [4.69, 9.17) is 11.5 Å². The van der Waals surface area contributed by atoms with E-state index in [9.17, 15) is 10.2 Å². The van der Waals surface area contributed by atoms with E-state index >= 15 is 0 Å². The summed E-state index contributed by atoms with van der Waals surface area (Å²) in [6.07, 6.45) is -0.0999. The number of pyridine rings is 1. The van der Waals surface area contributed by atoms with Crippen LogP contribution in [0.5, 0.6) is 0 Å². The first-order chi connectivity index (χ1) is 6.65. The maximum absolute atomic E-state index is 9.62. The number of rotatable bonds is 4. The first kappa shape index (κ1) is 10.9. The number of nitrogen functional groups attached to an aromatic ring is 1. The zero-order chi connectivity index (χ0) is 10.6. The van der Waals surface area contributed by atoms with E-state index in [0.717, 1.165) is 0 Å². The molecule has 5 nitrogen and oxygen atoms in total. The first-order valence-corrected chi connectivity index (χ1v) is 4.42. The van der Waals surface area contributed by atoms with Crippen molar-refractivity contribution >= 4 is 5.69 Å². The van der Waals surface area contributed by atoms with Crippen LogP contribution >= 0.6 is 0 Å². The SMILES string of the molecule is NCCC(O)C(O)c1cc(N)ccn1. The van der Waals surface area contributed by atoms with Crippen LogP contribution in [0, 0.1) is 0 Å². The second-order valence-electron chi connectivity index (χ2n) is 3.10. The number of aliphatic hydroxyl groups is 2. The van der Waals surface area contributed by atoms with Crippen molar-refractivity contribution in [2.75, 3.05) is 12.3 Å². The number of nitrogens with zero attached hydrogens (tertiary/aromatic N) is 1. The molecule has 0 aliphatic rings. The van der Waals surface area contributed by atoms with Crippen LogP contribution < -0.4 is 11.5 Å². The van der Waals surface area contributed by atoms with Crippen molar-refractivity contribution < 1.29 is 10.2 Å². The molecular formula is C9H15N3O2. The Kier molecular flexibility index (Phi) is 3.82. The normalized spacial score (nSPS) is 15.1. The average Bonchev–Trinajstić information content (AvgIpc) is 2.17. The van der Waals surface area contributed by atoms with E-state index in [1.54, 1.807) is 6.07 Å². The zero-order valence-corrected chi connectivity index (χ0v) is 7.80. The molecule has 2 atom stereocenters. The number of nitrogens with two attached hydrogens (primary N) is 2. The van der Waals surface area contributed by atoms with Gasteiger partial charge in [-0.15, -0.1) is 0 Å². The van der Waals surface area contributed by atoms with Gasteiger partial charge in [0.1, 0.15) is 6.10 Å². The van der Waals surface area contributed by atoms with Gasteiger partial charge in [0.15, 0.2) is 0 Å². The molecule has 0 radical (unpaired) electrons. The molecule has 0 amide bonds. The Hall–Kier alpha value is -1.17. The second-order valence-corrected chi connectivity index (χ2v) is 3.10. The second kappa shape index (κ2) is 4.90. The summed E-state index contributed by atoms with van der Waals surface area (Å²) in [5.41, 5.74) is 11.6. The lowest BCUT2D eigenvalue weighted by Gasteiger charge is -2.16. The predicted octanol–water partition coefficient (Wildman–Crippen LogP) is -0.593. The Morgan fingerprint density at radius 2 is 2.14 bits per heavy atom. The van der Waals surface area contributed by atoms with Gasteiger partial charge < -0.3 is 21.7 Å². The first-order valence-electron chi connectivity index (χ1n) is 4.42. The van der Waals surface area contributed by atoms with Gasteiger partial charge >= 0.3 is 0 Å². The molecule has 5 heteroatoms. The van der Waals surface area contributed by atoms with Crippen LogP contribution in [-0.2, 0) is 0 Å². The lowest BCUT2D eigenvalue weighted by atomic mass is 10.1. The number of hydrogen-bond acceptors (Lipinski definition) is 5. The van der Waals surface area contributed by atoms with Crippen LogP contribution in [0.4, 0.5) is 5.69 Å². The Morgan fingerprint density at radius 1 is 1.43 bits per heavy atom. The minimum atomic E-state index is -1.03. The smallest absolute Gasteiger partial charge is 0.122 e. The number of aliphatic hydroxyl groups excluding tert-OH is 2. The van der Waals surface area contributed by atoms with Gasteiger partial charge in [0, 0.05) is 11.9 Å². The molecule has 2 unspecified atom stereocenters. The fourth-order valence-corrected chi connectivity index (χ4v) is 1.15. The van der Waals surface area contributed by atoms with Crippen molar-refractivity contribution in [3.8, 4) is 0 Å². The Bertz CT molecular complexity index is 293. The van der Waals surface area contributed by atoms with Gasteiger partial charge in [0.2, 0.25) is 0 Å². The van der Waals surface area contributed by atoms with Crippen molar-refractivity contribution in [1.29, 1.82) is 0 Å². The lowest BCUT2D eigenvalue weighted by molar-refractivity contribution is 0.0125. The van der Waals surface area contributed by atoms with Crippen molar-refractivity contribution in [2.45, 2.75) is 18.6 Å². The van der Waals surface area contributed by atoms with E-state index in [2.05, 4.69) is 4.98 Å². The lowest BCUT2D eigenvalue weighted by Crippen LogP contribution is -2.22. The highest BCUT2D eigenvalue weighted by Crippen LogP contribution is 2.17. The van der Waals surface area contributed by atoms with Crippen LogP contribution in [0.3, 0.4) is 0 Å². The predicted molar refractivity (Wildman–Crippen MR) is 53.3 cm³/mol. The summed E-state index contributed by atoms with van der Waals surface area (Å²) in [6.45, 7) is 0.320. The molecule has 0 aliphatic heterocycles. The molecule has 0 fully saturated rings. The Labute approximate surface area is 82.4 Å². The highest BCUT2D eigenvalue weighted by atomic mass is 16.3. The molecular weight excluding hydrogens is 182 g/mol.